The van der Waals surface area contributed by atoms with Gasteiger partial charge in [-0.1, -0.05) is 41.9 Å². The van der Waals surface area contributed by atoms with E-state index in [1.54, 1.807) is 13.1 Å². The van der Waals surface area contributed by atoms with Crippen LogP contribution in [0.5, 0.6) is 0 Å². The molecule has 0 radical (unpaired) electrons. The number of halogens is 1. The zero-order valence-electron chi connectivity index (χ0n) is 12.9. The lowest BCUT2D eigenvalue weighted by atomic mass is 10.2. The van der Waals surface area contributed by atoms with Crippen LogP contribution in [-0.2, 0) is 11.3 Å². The Morgan fingerprint density at radius 3 is 2.78 bits per heavy atom. The normalized spacial score (nSPS) is 12.0. The minimum atomic E-state index is -0.770. The Hall–Kier alpha value is -1.95. The number of ether oxygens (including phenoxy) is 1. The van der Waals surface area contributed by atoms with E-state index in [0.717, 1.165) is 5.56 Å². The number of aliphatic hydroxyl groups is 1. The van der Waals surface area contributed by atoms with Crippen molar-refractivity contribution in [2.24, 2.45) is 0 Å². The highest BCUT2D eigenvalue weighted by Gasteiger charge is 2.17. The molecule has 1 heterocycles. The maximum atomic E-state index is 12.3. The topological polar surface area (TPSA) is 62.7 Å². The standard InChI is InChI=1S/C17H19ClN2O3/c1-20(17(22)15-7-8-19-9-16(15)18)10-14(21)12-23-11-13-5-3-2-4-6-13/h2-9,14,21H,10-12H2,1H3. The van der Waals surface area contributed by atoms with Crippen LogP contribution >= 0.6 is 11.6 Å². The van der Waals surface area contributed by atoms with Gasteiger partial charge in [-0.15, -0.1) is 0 Å². The van der Waals surface area contributed by atoms with Crippen LogP contribution in [-0.4, -0.2) is 47.2 Å². The van der Waals surface area contributed by atoms with Crippen molar-refractivity contribution in [3.8, 4) is 0 Å². The molecule has 0 saturated heterocycles. The summed E-state index contributed by atoms with van der Waals surface area (Å²) < 4.78 is 5.47. The van der Waals surface area contributed by atoms with Gasteiger partial charge in [0.15, 0.2) is 0 Å². The van der Waals surface area contributed by atoms with Gasteiger partial charge in [0, 0.05) is 26.0 Å². The third-order valence-corrected chi connectivity index (χ3v) is 3.56. The largest absolute Gasteiger partial charge is 0.389 e. The van der Waals surface area contributed by atoms with Crippen molar-refractivity contribution >= 4 is 17.5 Å². The first-order valence-electron chi connectivity index (χ1n) is 7.22. The lowest BCUT2D eigenvalue weighted by molar-refractivity contribution is 0.0137. The molecule has 0 bridgehead atoms. The molecule has 1 aromatic heterocycles. The molecule has 1 unspecified atom stereocenters. The van der Waals surface area contributed by atoms with Gasteiger partial charge in [-0.25, -0.2) is 0 Å². The van der Waals surface area contributed by atoms with Crippen LogP contribution in [0.25, 0.3) is 0 Å². The van der Waals surface area contributed by atoms with E-state index in [2.05, 4.69) is 4.98 Å². The average Bonchev–Trinajstić information content (AvgIpc) is 2.55. The second kappa shape index (κ2) is 8.62. The molecule has 1 N–H and O–H groups in total. The maximum absolute atomic E-state index is 12.3. The number of pyridine rings is 1. The Bertz CT molecular complexity index is 637. The molecule has 2 rings (SSSR count). The van der Waals surface area contributed by atoms with Crippen molar-refractivity contribution in [2.75, 3.05) is 20.2 Å². The summed E-state index contributed by atoms with van der Waals surface area (Å²) in [5.74, 6) is -0.264. The lowest BCUT2D eigenvalue weighted by Crippen LogP contribution is -2.36. The molecule has 0 saturated carbocycles. The molecule has 122 valence electrons. The van der Waals surface area contributed by atoms with Crippen molar-refractivity contribution < 1.29 is 14.6 Å². The first kappa shape index (κ1) is 17.4. The van der Waals surface area contributed by atoms with E-state index >= 15 is 0 Å². The molecule has 0 spiro atoms. The van der Waals surface area contributed by atoms with E-state index in [0.29, 0.717) is 17.2 Å². The molecule has 5 nitrogen and oxygen atoms in total. The summed E-state index contributed by atoms with van der Waals surface area (Å²) in [6, 6.07) is 11.3. The first-order chi connectivity index (χ1) is 11.1. The fourth-order valence-corrected chi connectivity index (χ4v) is 2.29. The Labute approximate surface area is 140 Å². The Kier molecular flexibility index (Phi) is 6.52. The average molecular weight is 335 g/mol. The van der Waals surface area contributed by atoms with Gasteiger partial charge in [-0.05, 0) is 11.6 Å². The van der Waals surface area contributed by atoms with Crippen LogP contribution in [0.3, 0.4) is 0 Å². The SMILES string of the molecule is CN(CC(O)COCc1ccccc1)C(=O)c1ccncc1Cl. The third-order valence-electron chi connectivity index (χ3n) is 3.26. The highest BCUT2D eigenvalue weighted by molar-refractivity contribution is 6.33. The number of carbonyl (C=O) groups is 1. The second-order valence-electron chi connectivity index (χ2n) is 5.20. The number of nitrogens with zero attached hydrogens (tertiary/aromatic N) is 2. The fourth-order valence-electron chi connectivity index (χ4n) is 2.09. The summed E-state index contributed by atoms with van der Waals surface area (Å²) >= 11 is 5.95. The smallest absolute Gasteiger partial charge is 0.255 e. The molecule has 6 heteroatoms. The third kappa shape index (κ3) is 5.32. The van der Waals surface area contributed by atoms with Gasteiger partial charge in [0.05, 0.1) is 29.9 Å². The highest BCUT2D eigenvalue weighted by Crippen LogP contribution is 2.15. The summed E-state index contributed by atoms with van der Waals surface area (Å²) in [4.78, 5) is 17.5. The van der Waals surface area contributed by atoms with E-state index in [-0.39, 0.29) is 19.1 Å². The molecule has 1 aromatic carbocycles. The zero-order chi connectivity index (χ0) is 16.7. The molecular formula is C17H19ClN2O3. The number of aromatic nitrogens is 1. The van der Waals surface area contributed by atoms with Crippen molar-refractivity contribution in [2.45, 2.75) is 12.7 Å². The highest BCUT2D eigenvalue weighted by atomic mass is 35.5. The molecule has 0 aliphatic rings. The molecule has 0 aliphatic heterocycles. The van der Waals surface area contributed by atoms with Crippen molar-refractivity contribution in [3.05, 3.63) is 64.9 Å². The van der Waals surface area contributed by atoms with Crippen LogP contribution < -0.4 is 0 Å². The van der Waals surface area contributed by atoms with Crippen LogP contribution in [0.2, 0.25) is 5.02 Å². The van der Waals surface area contributed by atoms with Crippen LogP contribution in [0.15, 0.2) is 48.8 Å². The van der Waals surface area contributed by atoms with E-state index in [1.165, 1.54) is 17.3 Å². The number of rotatable bonds is 7. The van der Waals surface area contributed by atoms with Gasteiger partial charge >= 0.3 is 0 Å². The van der Waals surface area contributed by atoms with E-state index in [4.69, 9.17) is 16.3 Å². The predicted octanol–water partition coefficient (Wildman–Crippen LogP) is 2.38. The number of amides is 1. The molecule has 1 amide bonds. The molecular weight excluding hydrogens is 316 g/mol. The van der Waals surface area contributed by atoms with Crippen molar-refractivity contribution in [1.82, 2.24) is 9.88 Å². The van der Waals surface area contributed by atoms with Crippen LogP contribution in [0.1, 0.15) is 15.9 Å². The van der Waals surface area contributed by atoms with Gasteiger partial charge in [0.1, 0.15) is 0 Å². The molecule has 2 aromatic rings. The Morgan fingerprint density at radius 2 is 2.09 bits per heavy atom. The fraction of sp³-hybridized carbons (Fsp3) is 0.294. The van der Waals surface area contributed by atoms with E-state index < -0.39 is 6.10 Å². The molecule has 0 fully saturated rings. The number of hydrogen-bond acceptors (Lipinski definition) is 4. The number of benzene rings is 1. The van der Waals surface area contributed by atoms with Crippen molar-refractivity contribution in [1.29, 1.82) is 0 Å². The minimum absolute atomic E-state index is 0.149. The summed E-state index contributed by atoms with van der Waals surface area (Å²) in [5, 5.41) is 10.3. The van der Waals surface area contributed by atoms with E-state index in [9.17, 15) is 9.90 Å². The van der Waals surface area contributed by atoms with Crippen LogP contribution in [0, 0.1) is 0 Å². The number of likely N-dealkylation sites (N-methyl/N-ethyl adjacent to an activating group) is 1. The maximum Gasteiger partial charge on any atom is 0.255 e. The second-order valence-corrected chi connectivity index (χ2v) is 5.60. The molecule has 1 atom stereocenters. The van der Waals surface area contributed by atoms with E-state index in [1.807, 2.05) is 30.3 Å². The first-order valence-corrected chi connectivity index (χ1v) is 7.60. The Balaban J connectivity index is 1.79. The zero-order valence-corrected chi connectivity index (χ0v) is 13.6. The lowest BCUT2D eigenvalue weighted by Gasteiger charge is -2.21. The minimum Gasteiger partial charge on any atom is -0.389 e. The van der Waals surface area contributed by atoms with Gasteiger partial charge in [0.2, 0.25) is 0 Å². The number of hydrogen-bond donors (Lipinski definition) is 1. The Morgan fingerprint density at radius 1 is 1.35 bits per heavy atom. The van der Waals surface area contributed by atoms with Gasteiger partial charge in [0.25, 0.3) is 5.91 Å². The molecule has 0 aliphatic carbocycles. The summed E-state index contributed by atoms with van der Waals surface area (Å²) in [6.45, 7) is 0.731. The number of carbonyl (C=O) groups excluding carboxylic acids is 1. The van der Waals surface area contributed by atoms with Crippen molar-refractivity contribution in [3.63, 3.8) is 0 Å². The van der Waals surface area contributed by atoms with Crippen LogP contribution in [0.4, 0.5) is 0 Å². The summed E-state index contributed by atoms with van der Waals surface area (Å²) in [6.07, 6.45) is 2.15. The number of aliphatic hydroxyl groups excluding tert-OH is 1. The summed E-state index contributed by atoms with van der Waals surface area (Å²) in [7, 11) is 1.61. The van der Waals surface area contributed by atoms with Gasteiger partial charge in [-0.2, -0.15) is 0 Å². The molecule has 23 heavy (non-hydrogen) atoms. The van der Waals surface area contributed by atoms with Gasteiger partial charge < -0.3 is 14.7 Å². The quantitative estimate of drug-likeness (QED) is 0.844. The van der Waals surface area contributed by atoms with Gasteiger partial charge in [-0.3, -0.25) is 9.78 Å². The summed E-state index contributed by atoms with van der Waals surface area (Å²) in [5.41, 5.74) is 1.40. The monoisotopic (exact) mass is 334 g/mol. The predicted molar refractivity (Wildman–Crippen MR) is 88.3 cm³/mol.